The summed E-state index contributed by atoms with van der Waals surface area (Å²) < 4.78 is 86.1. The van der Waals surface area contributed by atoms with Crippen molar-refractivity contribution < 1.29 is 45.4 Å². The van der Waals surface area contributed by atoms with Gasteiger partial charge < -0.3 is 25.4 Å². The van der Waals surface area contributed by atoms with Crippen LogP contribution >= 0.6 is 0 Å². The van der Waals surface area contributed by atoms with Gasteiger partial charge in [-0.3, -0.25) is 5.32 Å². The molecule has 1 aliphatic heterocycles. The summed E-state index contributed by atoms with van der Waals surface area (Å²) in [6, 6.07) is 8.20. The summed E-state index contributed by atoms with van der Waals surface area (Å²) in [6.45, 7) is 2.10. The number of carboxylic acid groups (broad SMARTS) is 1. The fraction of sp³-hybridized carbons (Fsp3) is 0.393. The third-order valence-corrected chi connectivity index (χ3v) is 8.42. The number of ether oxygens (including phenoxy) is 1. The van der Waals surface area contributed by atoms with Crippen LogP contribution in [0, 0.1) is 5.82 Å². The molecule has 17 heteroatoms. The highest BCUT2D eigenvalue weighted by atomic mass is 32.2. The van der Waals surface area contributed by atoms with Gasteiger partial charge in [-0.05, 0) is 42.0 Å². The first-order valence-electron chi connectivity index (χ1n) is 13.6. The number of alkyl halides is 3. The molecule has 4 N–H and O–H groups in total. The number of hydrogen-bond donors (Lipinski definition) is 4. The van der Waals surface area contributed by atoms with Crippen molar-refractivity contribution in [3.05, 3.63) is 70.6 Å². The minimum Gasteiger partial charge on any atom is -0.480 e. The summed E-state index contributed by atoms with van der Waals surface area (Å²) in [5, 5.41) is 17.7. The molecular formula is C28H34F4N6O6S. The molecule has 45 heavy (non-hydrogen) atoms. The van der Waals surface area contributed by atoms with Crippen molar-refractivity contribution in [1.82, 2.24) is 25.8 Å². The van der Waals surface area contributed by atoms with Gasteiger partial charge in [0.2, 0.25) is 15.7 Å². The van der Waals surface area contributed by atoms with Crippen molar-refractivity contribution in [2.45, 2.75) is 43.3 Å². The number of carbonyl (C=O) groups excluding carboxylic acids is 1. The van der Waals surface area contributed by atoms with E-state index in [1.54, 1.807) is 13.8 Å². The number of hydrogen-bond acceptors (Lipinski definition) is 10. The van der Waals surface area contributed by atoms with Crippen LogP contribution in [-0.2, 0) is 21.1 Å². The fourth-order valence-electron chi connectivity index (χ4n) is 4.30. The first-order chi connectivity index (χ1) is 21.0. The van der Waals surface area contributed by atoms with E-state index < -0.39 is 63.1 Å². The molecule has 3 rings (SSSR count). The SMILES string of the molecule is CCN(CC)C1(NCC(F)(F)F)N=CC(S(=O)(=O)c2ccc(F)cc2)=C(NC(Cc2ccc(OC(=O)N(C)C)cc2)C(=O)O)N1. The average Bonchev–Trinajstić information content (AvgIpc) is 2.97. The van der Waals surface area contributed by atoms with Crippen LogP contribution in [0.1, 0.15) is 19.4 Å². The van der Waals surface area contributed by atoms with Crippen molar-refractivity contribution in [2.75, 3.05) is 33.7 Å². The molecule has 1 aliphatic rings. The van der Waals surface area contributed by atoms with Crippen LogP contribution in [0.2, 0.25) is 0 Å². The molecule has 0 aromatic heterocycles. The molecule has 0 spiro atoms. The Morgan fingerprint density at radius 2 is 1.67 bits per heavy atom. The van der Waals surface area contributed by atoms with E-state index in [9.17, 15) is 40.7 Å². The van der Waals surface area contributed by atoms with E-state index in [1.165, 1.54) is 48.2 Å². The van der Waals surface area contributed by atoms with Gasteiger partial charge in [0.1, 0.15) is 28.3 Å². The maximum Gasteiger partial charge on any atom is 0.414 e. The number of benzene rings is 2. The molecule has 0 radical (unpaired) electrons. The lowest BCUT2D eigenvalue weighted by Crippen LogP contribution is -2.70. The zero-order valence-corrected chi connectivity index (χ0v) is 25.7. The van der Waals surface area contributed by atoms with E-state index >= 15 is 0 Å². The highest BCUT2D eigenvalue weighted by Crippen LogP contribution is 2.27. The van der Waals surface area contributed by atoms with E-state index in [2.05, 4.69) is 20.9 Å². The predicted molar refractivity (Wildman–Crippen MR) is 156 cm³/mol. The Balaban J connectivity index is 2.06. The number of amides is 1. The van der Waals surface area contributed by atoms with Crippen LogP contribution in [-0.4, -0.2) is 93.5 Å². The van der Waals surface area contributed by atoms with Crippen LogP contribution in [0.5, 0.6) is 5.75 Å². The Hall–Kier alpha value is -4.22. The topological polar surface area (TPSA) is 153 Å². The number of halogens is 4. The number of allylic oxidation sites excluding steroid dienone is 1. The molecule has 2 unspecified atom stereocenters. The van der Waals surface area contributed by atoms with Gasteiger partial charge >= 0.3 is 18.2 Å². The van der Waals surface area contributed by atoms with Gasteiger partial charge in [-0.1, -0.05) is 26.0 Å². The summed E-state index contributed by atoms with van der Waals surface area (Å²) in [4.78, 5) is 30.1. The number of sulfone groups is 1. The summed E-state index contributed by atoms with van der Waals surface area (Å²) >= 11 is 0. The molecule has 0 saturated carbocycles. The molecule has 12 nitrogen and oxygen atoms in total. The van der Waals surface area contributed by atoms with E-state index in [-0.39, 0.29) is 30.2 Å². The molecule has 2 aromatic rings. The van der Waals surface area contributed by atoms with Crippen molar-refractivity contribution in [3.63, 3.8) is 0 Å². The van der Waals surface area contributed by atoms with E-state index in [1.807, 2.05) is 0 Å². The summed E-state index contributed by atoms with van der Waals surface area (Å²) in [5.74, 6) is -4.39. The molecule has 0 bridgehead atoms. The highest BCUT2D eigenvalue weighted by Gasteiger charge is 2.43. The van der Waals surface area contributed by atoms with Crippen molar-refractivity contribution in [3.8, 4) is 5.75 Å². The monoisotopic (exact) mass is 658 g/mol. The maximum atomic E-state index is 13.7. The highest BCUT2D eigenvalue weighted by molar-refractivity contribution is 7.96. The molecular weight excluding hydrogens is 624 g/mol. The zero-order chi connectivity index (χ0) is 33.6. The first kappa shape index (κ1) is 35.3. The quantitative estimate of drug-likeness (QED) is 0.144. The lowest BCUT2D eigenvalue weighted by atomic mass is 10.1. The molecule has 1 heterocycles. The number of nitrogens with zero attached hydrogens (tertiary/aromatic N) is 3. The van der Waals surface area contributed by atoms with Gasteiger partial charge in [0.05, 0.1) is 11.4 Å². The number of carbonyl (C=O) groups is 2. The van der Waals surface area contributed by atoms with Crippen LogP contribution in [0.4, 0.5) is 22.4 Å². The number of nitrogens with one attached hydrogen (secondary N) is 3. The number of aliphatic imine (C=N–C) groups is 1. The lowest BCUT2D eigenvalue weighted by molar-refractivity contribution is -0.139. The van der Waals surface area contributed by atoms with Gasteiger partial charge in [0.15, 0.2) is 0 Å². The Bertz CT molecular complexity index is 1530. The van der Waals surface area contributed by atoms with Crippen LogP contribution < -0.4 is 20.7 Å². The summed E-state index contributed by atoms with van der Waals surface area (Å²) in [6.07, 6.45) is -4.69. The molecule has 246 valence electrons. The van der Waals surface area contributed by atoms with Gasteiger partial charge in [0.25, 0.3) is 0 Å². The normalized spacial score (nSPS) is 17.5. The van der Waals surface area contributed by atoms with Crippen molar-refractivity contribution in [1.29, 1.82) is 0 Å². The lowest BCUT2D eigenvalue weighted by Gasteiger charge is -2.44. The van der Waals surface area contributed by atoms with Crippen molar-refractivity contribution in [2.24, 2.45) is 4.99 Å². The fourth-order valence-corrected chi connectivity index (χ4v) is 5.62. The minimum atomic E-state index is -4.67. The smallest absolute Gasteiger partial charge is 0.414 e. The average molecular weight is 659 g/mol. The van der Waals surface area contributed by atoms with Crippen LogP contribution in [0.25, 0.3) is 0 Å². The number of carboxylic acids is 1. The Kier molecular flexibility index (Phi) is 11.2. The minimum absolute atomic E-state index is 0.159. The second-order valence-corrected chi connectivity index (χ2v) is 12.0. The largest absolute Gasteiger partial charge is 0.480 e. The Morgan fingerprint density at radius 1 is 1.07 bits per heavy atom. The van der Waals surface area contributed by atoms with E-state index in [0.717, 1.165) is 30.5 Å². The molecule has 1 amide bonds. The van der Waals surface area contributed by atoms with Gasteiger partial charge in [-0.15, -0.1) is 0 Å². The Labute approximate surface area is 257 Å². The maximum absolute atomic E-state index is 13.7. The molecule has 2 atom stereocenters. The third kappa shape index (κ3) is 8.92. The van der Waals surface area contributed by atoms with Crippen molar-refractivity contribution >= 4 is 28.1 Å². The third-order valence-electron chi connectivity index (χ3n) is 6.63. The van der Waals surface area contributed by atoms with Crippen LogP contribution in [0.15, 0.2) is 69.1 Å². The first-order valence-corrected chi connectivity index (χ1v) is 15.1. The van der Waals surface area contributed by atoms with E-state index in [0.29, 0.717) is 5.56 Å². The van der Waals surface area contributed by atoms with Gasteiger partial charge in [0, 0.05) is 39.8 Å². The van der Waals surface area contributed by atoms with Gasteiger partial charge in [-0.2, -0.15) is 13.2 Å². The van der Waals surface area contributed by atoms with E-state index in [4.69, 9.17) is 4.74 Å². The number of aliphatic carboxylic acids is 1. The zero-order valence-electron chi connectivity index (χ0n) is 24.9. The van der Waals surface area contributed by atoms with Crippen LogP contribution in [0.3, 0.4) is 0 Å². The Morgan fingerprint density at radius 3 is 2.18 bits per heavy atom. The molecule has 0 fully saturated rings. The summed E-state index contributed by atoms with van der Waals surface area (Å²) in [5.41, 5.74) is 0.442. The molecule has 0 saturated heterocycles. The second-order valence-electron chi connectivity index (χ2n) is 10.0. The number of rotatable bonds is 13. The second kappa shape index (κ2) is 14.3. The molecule has 2 aromatic carbocycles. The standard InChI is InChI=1S/C28H34F4N6O6S/c1-5-38(6-2)28(34-17-27(30,31)32)33-16-23(45(42,43)21-13-9-19(29)10-14-21)24(36-28)35-22(25(39)40)15-18-7-11-20(12-8-18)44-26(41)37(3)4/h7-14,16,22,34-36H,5-6,15,17H2,1-4H3,(H,39,40). The summed E-state index contributed by atoms with van der Waals surface area (Å²) in [7, 11) is -1.51. The predicted octanol–water partition coefficient (Wildman–Crippen LogP) is 2.89. The van der Waals surface area contributed by atoms with Gasteiger partial charge in [-0.25, -0.2) is 32.3 Å². The molecule has 0 aliphatic carbocycles.